The van der Waals surface area contributed by atoms with Crippen LogP contribution in [0.1, 0.15) is 43.0 Å². The lowest BCUT2D eigenvalue weighted by molar-refractivity contribution is -0.118. The van der Waals surface area contributed by atoms with Gasteiger partial charge in [0.05, 0.1) is 26.2 Å². The van der Waals surface area contributed by atoms with Crippen molar-refractivity contribution in [3.8, 4) is 11.5 Å². The van der Waals surface area contributed by atoms with Gasteiger partial charge in [-0.1, -0.05) is 13.3 Å². The zero-order chi connectivity index (χ0) is 14.3. The summed E-state index contributed by atoms with van der Waals surface area (Å²) in [6, 6.07) is 4.99. The molecule has 0 saturated heterocycles. The molecule has 0 radical (unpaired) electrons. The molecule has 0 bridgehead atoms. The third kappa shape index (κ3) is 4.39. The lowest BCUT2D eigenvalue weighted by Crippen LogP contribution is -2.09. The summed E-state index contributed by atoms with van der Waals surface area (Å²) in [5.74, 6) is 0.785. The minimum atomic E-state index is -0.225. The molecule has 0 aliphatic rings. The van der Waals surface area contributed by atoms with E-state index in [1.54, 1.807) is 18.2 Å². The van der Waals surface area contributed by atoms with Crippen molar-refractivity contribution in [1.29, 1.82) is 0 Å². The minimum absolute atomic E-state index is 0.0308. The highest BCUT2D eigenvalue weighted by molar-refractivity contribution is 6.09. The first-order valence-electron chi connectivity index (χ1n) is 6.39. The molecule has 0 unspecified atom stereocenters. The van der Waals surface area contributed by atoms with Crippen LogP contribution in [0, 0.1) is 0 Å². The van der Waals surface area contributed by atoms with Crippen LogP contribution in [0.2, 0.25) is 0 Å². The molecule has 104 valence electrons. The van der Waals surface area contributed by atoms with Gasteiger partial charge in [-0.2, -0.15) is 0 Å². The van der Waals surface area contributed by atoms with Crippen LogP contribution >= 0.6 is 0 Å². The molecule has 4 nitrogen and oxygen atoms in total. The maximum atomic E-state index is 12.1. The summed E-state index contributed by atoms with van der Waals surface area (Å²) in [5.41, 5.74) is 0.395. The van der Waals surface area contributed by atoms with Crippen molar-refractivity contribution >= 4 is 11.6 Å². The highest BCUT2D eigenvalue weighted by Crippen LogP contribution is 2.25. The first-order chi connectivity index (χ1) is 9.12. The zero-order valence-electron chi connectivity index (χ0n) is 11.7. The van der Waals surface area contributed by atoms with E-state index >= 15 is 0 Å². The number of Topliss-reactive ketones (excluding diaryl/α,β-unsaturated/α-hetero) is 2. The van der Waals surface area contributed by atoms with Crippen LogP contribution in [0.25, 0.3) is 0 Å². The highest BCUT2D eigenvalue weighted by Gasteiger charge is 2.16. The summed E-state index contributed by atoms with van der Waals surface area (Å²) in [4.78, 5) is 23.8. The van der Waals surface area contributed by atoms with E-state index in [-0.39, 0.29) is 18.0 Å². The number of ether oxygens (including phenoxy) is 2. The summed E-state index contributed by atoms with van der Waals surface area (Å²) in [6.45, 7) is 2.01. The van der Waals surface area contributed by atoms with Gasteiger partial charge in [0.1, 0.15) is 17.3 Å². The summed E-state index contributed by atoms with van der Waals surface area (Å²) in [5, 5.41) is 0. The highest BCUT2D eigenvalue weighted by atomic mass is 16.5. The van der Waals surface area contributed by atoms with Gasteiger partial charge in [0.25, 0.3) is 0 Å². The second kappa shape index (κ2) is 7.56. The smallest absolute Gasteiger partial charge is 0.174 e. The molecule has 0 atom stereocenters. The predicted octanol–water partition coefficient (Wildman–Crippen LogP) is 3.04. The van der Waals surface area contributed by atoms with E-state index < -0.39 is 0 Å². The van der Waals surface area contributed by atoms with Crippen molar-refractivity contribution in [1.82, 2.24) is 0 Å². The van der Waals surface area contributed by atoms with E-state index in [1.807, 2.05) is 6.92 Å². The Bertz CT molecular complexity index is 451. The molecule has 1 aromatic carbocycles. The molecule has 0 saturated carbocycles. The summed E-state index contributed by atoms with van der Waals surface area (Å²) < 4.78 is 10.2. The standard InChI is InChI=1S/C15H20O4/c1-4-5-6-11(16)9-14(17)13-10-12(18-2)7-8-15(13)19-3/h7-8,10H,4-6,9H2,1-3H3. The third-order valence-corrected chi connectivity index (χ3v) is 2.87. The lowest BCUT2D eigenvalue weighted by atomic mass is 10.0. The number of rotatable bonds is 8. The van der Waals surface area contributed by atoms with Crippen LogP contribution in [-0.2, 0) is 4.79 Å². The van der Waals surface area contributed by atoms with Gasteiger partial charge in [0.15, 0.2) is 5.78 Å². The molecule has 0 heterocycles. The average molecular weight is 264 g/mol. The number of unbranched alkanes of at least 4 members (excludes halogenated alkanes) is 1. The van der Waals surface area contributed by atoms with Crippen LogP contribution in [0.5, 0.6) is 11.5 Å². The van der Waals surface area contributed by atoms with Crippen molar-refractivity contribution < 1.29 is 19.1 Å². The SMILES string of the molecule is CCCCC(=O)CC(=O)c1cc(OC)ccc1OC. The number of ketones is 2. The van der Waals surface area contributed by atoms with Gasteiger partial charge >= 0.3 is 0 Å². The fraction of sp³-hybridized carbons (Fsp3) is 0.467. The Morgan fingerprint density at radius 2 is 1.89 bits per heavy atom. The first-order valence-corrected chi connectivity index (χ1v) is 6.39. The molecule has 0 N–H and O–H groups in total. The van der Waals surface area contributed by atoms with E-state index in [9.17, 15) is 9.59 Å². The average Bonchev–Trinajstić information content (AvgIpc) is 2.44. The van der Waals surface area contributed by atoms with Crippen LogP contribution in [0.3, 0.4) is 0 Å². The Hall–Kier alpha value is -1.84. The molecular weight excluding hydrogens is 244 g/mol. The lowest BCUT2D eigenvalue weighted by Gasteiger charge is -2.09. The third-order valence-electron chi connectivity index (χ3n) is 2.87. The van der Waals surface area contributed by atoms with Crippen LogP contribution < -0.4 is 9.47 Å². The Kier molecular flexibility index (Phi) is 6.06. The fourth-order valence-electron chi connectivity index (χ4n) is 1.77. The number of hydrogen-bond acceptors (Lipinski definition) is 4. The molecule has 0 amide bonds. The Morgan fingerprint density at radius 1 is 1.16 bits per heavy atom. The topological polar surface area (TPSA) is 52.6 Å². The van der Waals surface area contributed by atoms with Crippen LogP contribution in [0.15, 0.2) is 18.2 Å². The Morgan fingerprint density at radius 3 is 2.47 bits per heavy atom. The Labute approximate surface area is 113 Å². The largest absolute Gasteiger partial charge is 0.497 e. The van der Waals surface area contributed by atoms with Crippen molar-refractivity contribution in [3.05, 3.63) is 23.8 Å². The number of benzene rings is 1. The van der Waals surface area contributed by atoms with Gasteiger partial charge in [0, 0.05) is 6.42 Å². The molecule has 0 aliphatic carbocycles. The molecule has 0 aliphatic heterocycles. The van der Waals surface area contributed by atoms with E-state index in [2.05, 4.69) is 0 Å². The first kappa shape index (κ1) is 15.2. The number of carbonyl (C=O) groups excluding carboxylic acids is 2. The van der Waals surface area contributed by atoms with Gasteiger partial charge < -0.3 is 9.47 Å². The number of carbonyl (C=O) groups is 2. The molecule has 0 fully saturated rings. The van der Waals surface area contributed by atoms with E-state index in [0.29, 0.717) is 23.5 Å². The Balaban J connectivity index is 2.82. The quantitative estimate of drug-likeness (QED) is 0.535. The van der Waals surface area contributed by atoms with Crippen molar-refractivity contribution in [3.63, 3.8) is 0 Å². The van der Waals surface area contributed by atoms with Crippen LogP contribution in [-0.4, -0.2) is 25.8 Å². The maximum Gasteiger partial charge on any atom is 0.174 e. The summed E-state index contributed by atoms with van der Waals surface area (Å²) in [7, 11) is 3.03. The summed E-state index contributed by atoms with van der Waals surface area (Å²) >= 11 is 0. The van der Waals surface area contributed by atoms with Crippen molar-refractivity contribution in [2.75, 3.05) is 14.2 Å². The molecular formula is C15H20O4. The van der Waals surface area contributed by atoms with Gasteiger partial charge in [-0.15, -0.1) is 0 Å². The molecule has 1 rings (SSSR count). The van der Waals surface area contributed by atoms with Crippen molar-refractivity contribution in [2.45, 2.75) is 32.6 Å². The van der Waals surface area contributed by atoms with E-state index in [4.69, 9.17) is 9.47 Å². The van der Waals surface area contributed by atoms with Crippen molar-refractivity contribution in [2.24, 2.45) is 0 Å². The molecule has 4 heteroatoms. The second-order valence-corrected chi connectivity index (χ2v) is 4.31. The normalized spacial score (nSPS) is 10.1. The van der Waals surface area contributed by atoms with E-state index in [0.717, 1.165) is 12.8 Å². The second-order valence-electron chi connectivity index (χ2n) is 4.31. The van der Waals surface area contributed by atoms with Gasteiger partial charge in [0.2, 0.25) is 0 Å². The van der Waals surface area contributed by atoms with Gasteiger partial charge in [-0.3, -0.25) is 9.59 Å². The monoisotopic (exact) mass is 264 g/mol. The fourth-order valence-corrected chi connectivity index (χ4v) is 1.77. The van der Waals surface area contributed by atoms with E-state index in [1.165, 1.54) is 14.2 Å². The summed E-state index contributed by atoms with van der Waals surface area (Å²) in [6.07, 6.45) is 2.14. The molecule has 19 heavy (non-hydrogen) atoms. The predicted molar refractivity (Wildman–Crippen MR) is 73.0 cm³/mol. The number of hydrogen-bond donors (Lipinski definition) is 0. The number of methoxy groups -OCH3 is 2. The zero-order valence-corrected chi connectivity index (χ0v) is 11.7. The van der Waals surface area contributed by atoms with Crippen LogP contribution in [0.4, 0.5) is 0 Å². The van der Waals surface area contributed by atoms with Gasteiger partial charge in [-0.25, -0.2) is 0 Å². The maximum absolute atomic E-state index is 12.1. The molecule has 0 spiro atoms. The minimum Gasteiger partial charge on any atom is -0.497 e. The molecule has 1 aromatic rings. The molecule has 0 aromatic heterocycles. The van der Waals surface area contributed by atoms with Gasteiger partial charge in [-0.05, 0) is 24.6 Å².